The molecule has 0 spiro atoms. The number of carboxylic acids is 1. The lowest BCUT2D eigenvalue weighted by atomic mass is 10.0. The quantitative estimate of drug-likeness (QED) is 0.810. The van der Waals surface area contributed by atoms with Crippen molar-refractivity contribution in [3.63, 3.8) is 0 Å². The maximum Gasteiger partial charge on any atom is 0.335 e. The Hall–Kier alpha value is -2.30. The predicted octanol–water partition coefficient (Wildman–Crippen LogP) is 4.18. The van der Waals surface area contributed by atoms with E-state index >= 15 is 0 Å². The fourth-order valence-corrected chi connectivity index (χ4v) is 2.71. The van der Waals surface area contributed by atoms with Gasteiger partial charge in [0.15, 0.2) is 0 Å². The predicted molar refractivity (Wildman–Crippen MR) is 86.4 cm³/mol. The zero-order valence-electron chi connectivity index (χ0n) is 11.1. The fraction of sp³-hybridized carbons (Fsp3) is 0. The van der Waals surface area contributed by atoms with Gasteiger partial charge in [0.25, 0.3) is 5.91 Å². The van der Waals surface area contributed by atoms with Crippen molar-refractivity contribution < 1.29 is 14.7 Å². The van der Waals surface area contributed by atoms with Gasteiger partial charge in [-0.05, 0) is 42.0 Å². The number of aromatic carboxylic acids is 1. The summed E-state index contributed by atoms with van der Waals surface area (Å²) in [6, 6.07) is 9.51. The van der Waals surface area contributed by atoms with Gasteiger partial charge in [0.2, 0.25) is 0 Å². The number of fused-ring (bicyclic) bond motifs is 1. The molecule has 0 saturated carbocycles. The highest BCUT2D eigenvalue weighted by molar-refractivity contribution is 6.37. The number of nitrogens with one attached hydrogen (secondary N) is 1. The summed E-state index contributed by atoms with van der Waals surface area (Å²) in [4.78, 5) is 23.1. The van der Waals surface area contributed by atoms with Crippen LogP contribution in [0.25, 0.3) is 11.6 Å². The Morgan fingerprint density at radius 1 is 1.09 bits per heavy atom. The molecular weight excluding hydrogens is 325 g/mol. The lowest BCUT2D eigenvalue weighted by Gasteiger charge is -2.02. The monoisotopic (exact) mass is 333 g/mol. The number of amides is 1. The van der Waals surface area contributed by atoms with Crippen LogP contribution in [-0.4, -0.2) is 17.0 Å². The Labute approximate surface area is 136 Å². The molecule has 0 aromatic heterocycles. The molecule has 1 aliphatic heterocycles. The minimum Gasteiger partial charge on any atom is -0.478 e. The molecule has 22 heavy (non-hydrogen) atoms. The summed E-state index contributed by atoms with van der Waals surface area (Å²) < 4.78 is 0. The van der Waals surface area contributed by atoms with Crippen LogP contribution < -0.4 is 5.32 Å². The highest BCUT2D eigenvalue weighted by Gasteiger charge is 2.24. The number of anilines is 1. The van der Waals surface area contributed by atoms with Crippen LogP contribution in [0.3, 0.4) is 0 Å². The largest absolute Gasteiger partial charge is 0.478 e. The molecule has 1 heterocycles. The molecule has 2 aromatic rings. The van der Waals surface area contributed by atoms with Crippen LogP contribution in [0.1, 0.15) is 21.5 Å². The van der Waals surface area contributed by atoms with Gasteiger partial charge >= 0.3 is 5.97 Å². The Kier molecular flexibility index (Phi) is 3.64. The van der Waals surface area contributed by atoms with Gasteiger partial charge in [0.1, 0.15) is 0 Å². The van der Waals surface area contributed by atoms with Gasteiger partial charge in [-0.1, -0.05) is 29.3 Å². The second-order valence-electron chi connectivity index (χ2n) is 4.78. The zero-order valence-corrected chi connectivity index (χ0v) is 12.6. The number of carbonyl (C=O) groups excluding carboxylic acids is 1. The highest BCUT2D eigenvalue weighted by Crippen LogP contribution is 2.35. The minimum atomic E-state index is -1.08. The van der Waals surface area contributed by atoms with Crippen molar-refractivity contribution in [1.82, 2.24) is 0 Å². The number of benzene rings is 2. The summed E-state index contributed by atoms with van der Waals surface area (Å²) >= 11 is 11.8. The first-order chi connectivity index (χ1) is 10.4. The molecule has 0 fully saturated rings. The van der Waals surface area contributed by atoms with Crippen molar-refractivity contribution in [2.45, 2.75) is 0 Å². The maximum absolute atomic E-state index is 12.1. The van der Waals surface area contributed by atoms with Gasteiger partial charge in [-0.15, -0.1) is 0 Å². The van der Waals surface area contributed by atoms with E-state index < -0.39 is 5.97 Å². The van der Waals surface area contributed by atoms with Crippen molar-refractivity contribution in [1.29, 1.82) is 0 Å². The first-order valence-corrected chi connectivity index (χ1v) is 7.06. The van der Waals surface area contributed by atoms with Crippen molar-refractivity contribution in [3.8, 4) is 0 Å². The minimum absolute atomic E-state index is 0.0640. The maximum atomic E-state index is 12.1. The van der Waals surface area contributed by atoms with E-state index in [1.807, 2.05) is 0 Å². The number of hydrogen-bond donors (Lipinski definition) is 2. The molecule has 0 atom stereocenters. The summed E-state index contributed by atoms with van der Waals surface area (Å²) in [6.07, 6.45) is 1.60. The van der Waals surface area contributed by atoms with Gasteiger partial charge in [-0.25, -0.2) is 4.79 Å². The Morgan fingerprint density at radius 2 is 1.86 bits per heavy atom. The molecule has 1 aliphatic rings. The van der Waals surface area contributed by atoms with Gasteiger partial charge in [-0.2, -0.15) is 0 Å². The molecule has 0 saturated heterocycles. The summed E-state index contributed by atoms with van der Waals surface area (Å²) in [5.74, 6) is -1.35. The van der Waals surface area contributed by atoms with Gasteiger partial charge in [0.05, 0.1) is 11.3 Å². The smallest absolute Gasteiger partial charge is 0.335 e. The number of hydrogen-bond acceptors (Lipinski definition) is 2. The van der Waals surface area contributed by atoms with Crippen LogP contribution in [0, 0.1) is 0 Å². The summed E-state index contributed by atoms with van der Waals surface area (Å²) in [5.41, 5.74) is 2.38. The van der Waals surface area contributed by atoms with E-state index in [1.165, 1.54) is 12.1 Å². The third-order valence-electron chi connectivity index (χ3n) is 3.24. The molecule has 0 radical (unpaired) electrons. The van der Waals surface area contributed by atoms with Crippen molar-refractivity contribution in [3.05, 3.63) is 63.1 Å². The number of carboxylic acid groups (broad SMARTS) is 1. The van der Waals surface area contributed by atoms with Crippen molar-refractivity contribution in [2.75, 3.05) is 5.32 Å². The summed E-state index contributed by atoms with van der Waals surface area (Å²) in [7, 11) is 0. The molecular formula is C16H9Cl2NO3. The third kappa shape index (κ3) is 2.71. The number of carbonyl (C=O) groups is 2. The van der Waals surface area contributed by atoms with E-state index in [1.54, 1.807) is 30.3 Å². The van der Waals surface area contributed by atoms with E-state index in [9.17, 15) is 9.59 Å². The van der Waals surface area contributed by atoms with Crippen LogP contribution in [0.2, 0.25) is 10.0 Å². The first kappa shape index (κ1) is 14.6. The molecule has 0 unspecified atom stereocenters. The highest BCUT2D eigenvalue weighted by atomic mass is 35.5. The molecule has 2 aromatic carbocycles. The molecule has 3 rings (SSSR count). The standard InChI is InChI=1S/C16H9Cl2NO3/c17-10-1-2-12-13(15(20)19-14(12)7-10)5-8-3-9(16(21)22)6-11(18)4-8/h1-7H,(H,19,20)(H,21,22)/b13-5-. The summed E-state index contributed by atoms with van der Waals surface area (Å²) in [5, 5.41) is 12.6. The van der Waals surface area contributed by atoms with E-state index in [4.69, 9.17) is 28.3 Å². The molecule has 0 aliphatic carbocycles. The van der Waals surface area contributed by atoms with E-state index in [2.05, 4.69) is 5.32 Å². The van der Waals surface area contributed by atoms with E-state index in [0.29, 0.717) is 32.4 Å². The fourth-order valence-electron chi connectivity index (χ4n) is 2.30. The number of halogens is 2. The molecule has 6 heteroatoms. The lowest BCUT2D eigenvalue weighted by Crippen LogP contribution is -2.03. The Morgan fingerprint density at radius 3 is 2.59 bits per heavy atom. The SMILES string of the molecule is O=C1Nc2cc(Cl)ccc2/C1=C/c1cc(Cl)cc(C(=O)O)c1. The molecule has 0 bridgehead atoms. The van der Waals surface area contributed by atoms with Crippen LogP contribution >= 0.6 is 23.2 Å². The first-order valence-electron chi connectivity index (χ1n) is 6.31. The molecule has 110 valence electrons. The van der Waals surface area contributed by atoms with Gasteiger partial charge in [-0.3, -0.25) is 4.79 Å². The normalized spacial score (nSPS) is 14.8. The summed E-state index contributed by atoms with van der Waals surface area (Å²) in [6.45, 7) is 0. The zero-order chi connectivity index (χ0) is 15.9. The number of rotatable bonds is 2. The van der Waals surface area contributed by atoms with Crippen LogP contribution in [-0.2, 0) is 4.79 Å². The average molecular weight is 334 g/mol. The second-order valence-corrected chi connectivity index (χ2v) is 5.65. The van der Waals surface area contributed by atoms with Crippen LogP contribution in [0.4, 0.5) is 5.69 Å². The van der Waals surface area contributed by atoms with Crippen LogP contribution in [0.5, 0.6) is 0 Å². The van der Waals surface area contributed by atoms with Gasteiger partial charge < -0.3 is 10.4 Å². The molecule has 2 N–H and O–H groups in total. The molecule has 4 nitrogen and oxygen atoms in total. The Balaban J connectivity index is 2.10. The topological polar surface area (TPSA) is 66.4 Å². The second kappa shape index (κ2) is 5.48. The van der Waals surface area contributed by atoms with E-state index in [0.717, 1.165) is 0 Å². The van der Waals surface area contributed by atoms with Crippen molar-refractivity contribution in [2.24, 2.45) is 0 Å². The lowest BCUT2D eigenvalue weighted by molar-refractivity contribution is -0.110. The van der Waals surface area contributed by atoms with Crippen molar-refractivity contribution >= 4 is 52.4 Å². The van der Waals surface area contributed by atoms with E-state index in [-0.39, 0.29) is 11.5 Å². The van der Waals surface area contributed by atoms with Gasteiger partial charge in [0, 0.05) is 21.2 Å². The molecule has 1 amide bonds. The van der Waals surface area contributed by atoms with Crippen LogP contribution in [0.15, 0.2) is 36.4 Å². The average Bonchev–Trinajstić information content (AvgIpc) is 2.73. The third-order valence-corrected chi connectivity index (χ3v) is 3.70. The Bertz CT molecular complexity index is 843.